The Bertz CT molecular complexity index is 711. The third-order valence-corrected chi connectivity index (χ3v) is 5.43. The van der Waals surface area contributed by atoms with Crippen molar-refractivity contribution in [1.82, 2.24) is 15.5 Å². The van der Waals surface area contributed by atoms with E-state index in [1.807, 2.05) is 13.8 Å². The lowest BCUT2D eigenvalue weighted by atomic mass is 10.0. The number of nitrogens with one attached hydrogen (secondary N) is 2. The number of carbonyl (C=O) groups excluding carboxylic acids is 4. The normalized spacial score (nSPS) is 18.8. The van der Waals surface area contributed by atoms with Crippen LogP contribution in [0.1, 0.15) is 59.8 Å². The number of carboxylic acids is 1. The first-order valence-corrected chi connectivity index (χ1v) is 11.0. The van der Waals surface area contributed by atoms with Crippen molar-refractivity contribution in [1.29, 1.82) is 0 Å². The zero-order valence-electron chi connectivity index (χ0n) is 19.3. The van der Waals surface area contributed by atoms with E-state index in [0.29, 0.717) is 25.8 Å². The van der Waals surface area contributed by atoms with E-state index in [1.165, 1.54) is 4.90 Å². The van der Waals surface area contributed by atoms with Crippen LogP contribution in [0.5, 0.6) is 0 Å². The van der Waals surface area contributed by atoms with Crippen LogP contribution < -0.4 is 22.1 Å². The highest BCUT2D eigenvalue weighted by Gasteiger charge is 2.39. The van der Waals surface area contributed by atoms with Crippen molar-refractivity contribution < 1.29 is 29.1 Å². The van der Waals surface area contributed by atoms with E-state index in [0.717, 1.165) is 0 Å². The minimum atomic E-state index is -1.14. The summed E-state index contributed by atoms with van der Waals surface area (Å²) < 4.78 is 0. The number of carboxylic acid groups (broad SMARTS) is 1. The molecule has 0 spiro atoms. The summed E-state index contributed by atoms with van der Waals surface area (Å²) in [6, 6.07) is -3.76. The Morgan fingerprint density at radius 2 is 1.72 bits per heavy atom. The summed E-state index contributed by atoms with van der Waals surface area (Å²) >= 11 is 0. The van der Waals surface area contributed by atoms with Gasteiger partial charge in [-0.2, -0.15) is 0 Å². The van der Waals surface area contributed by atoms with Crippen molar-refractivity contribution in [3.05, 3.63) is 0 Å². The molecule has 1 aliphatic rings. The molecule has 0 bridgehead atoms. The molecule has 11 heteroatoms. The number of nitrogens with zero attached hydrogens (tertiary/aromatic N) is 1. The number of rotatable bonds is 12. The van der Waals surface area contributed by atoms with Gasteiger partial charge >= 0.3 is 5.97 Å². The molecule has 0 aromatic carbocycles. The van der Waals surface area contributed by atoms with Gasteiger partial charge in [-0.1, -0.05) is 27.7 Å². The molecule has 4 atom stereocenters. The minimum Gasteiger partial charge on any atom is -0.480 e. The number of primary amides is 1. The van der Waals surface area contributed by atoms with Crippen LogP contribution in [0.25, 0.3) is 0 Å². The Morgan fingerprint density at radius 3 is 2.22 bits per heavy atom. The third-order valence-electron chi connectivity index (χ3n) is 5.43. The Labute approximate surface area is 188 Å². The summed E-state index contributed by atoms with van der Waals surface area (Å²) in [5.74, 6) is -3.48. The van der Waals surface area contributed by atoms with Crippen LogP contribution in [-0.2, 0) is 24.0 Å². The average molecular weight is 456 g/mol. The fraction of sp³-hybridized carbons (Fsp3) is 0.762. The number of aliphatic carboxylic acids is 1. The fourth-order valence-corrected chi connectivity index (χ4v) is 3.67. The number of hydrogen-bond donors (Lipinski definition) is 5. The van der Waals surface area contributed by atoms with Crippen molar-refractivity contribution in [2.45, 2.75) is 84.0 Å². The Morgan fingerprint density at radius 1 is 1.09 bits per heavy atom. The molecule has 1 rings (SSSR count). The first-order valence-electron chi connectivity index (χ1n) is 11.0. The van der Waals surface area contributed by atoms with E-state index in [1.54, 1.807) is 13.8 Å². The molecule has 4 amide bonds. The van der Waals surface area contributed by atoms with E-state index in [2.05, 4.69) is 10.6 Å². The lowest BCUT2D eigenvalue weighted by molar-refractivity contribution is -0.146. The number of amides is 4. The van der Waals surface area contributed by atoms with Gasteiger partial charge in [-0.25, -0.2) is 4.79 Å². The van der Waals surface area contributed by atoms with Crippen LogP contribution in [0.2, 0.25) is 0 Å². The van der Waals surface area contributed by atoms with Crippen molar-refractivity contribution in [2.75, 3.05) is 6.54 Å². The summed E-state index contributed by atoms with van der Waals surface area (Å²) in [4.78, 5) is 62.3. The van der Waals surface area contributed by atoms with Gasteiger partial charge in [0.2, 0.25) is 23.6 Å². The summed E-state index contributed by atoms with van der Waals surface area (Å²) in [7, 11) is 0. The molecule has 0 radical (unpaired) electrons. The molecule has 0 saturated carbocycles. The van der Waals surface area contributed by atoms with E-state index < -0.39 is 53.8 Å². The minimum absolute atomic E-state index is 0.0493. The van der Waals surface area contributed by atoms with E-state index in [4.69, 9.17) is 11.5 Å². The summed E-state index contributed by atoms with van der Waals surface area (Å²) in [6.45, 7) is 7.49. The van der Waals surface area contributed by atoms with Gasteiger partial charge in [0, 0.05) is 13.0 Å². The van der Waals surface area contributed by atoms with Crippen LogP contribution in [0.3, 0.4) is 0 Å². The van der Waals surface area contributed by atoms with Crippen LogP contribution in [0.15, 0.2) is 0 Å². The molecule has 7 N–H and O–H groups in total. The molecule has 182 valence electrons. The Hall–Kier alpha value is -2.69. The maximum absolute atomic E-state index is 13.3. The van der Waals surface area contributed by atoms with Crippen molar-refractivity contribution >= 4 is 29.6 Å². The number of nitrogens with two attached hydrogens (primary N) is 2. The lowest BCUT2D eigenvalue weighted by Crippen LogP contribution is -2.57. The monoisotopic (exact) mass is 455 g/mol. The van der Waals surface area contributed by atoms with Gasteiger partial charge in [-0.05, 0) is 37.5 Å². The summed E-state index contributed by atoms with van der Waals surface area (Å²) in [5.41, 5.74) is 10.9. The first kappa shape index (κ1) is 27.3. The van der Waals surface area contributed by atoms with Crippen LogP contribution in [0.4, 0.5) is 0 Å². The van der Waals surface area contributed by atoms with Crippen molar-refractivity contribution in [3.63, 3.8) is 0 Å². The summed E-state index contributed by atoms with van der Waals surface area (Å²) in [5, 5.41) is 14.5. The number of likely N-dealkylation sites (tertiary alicyclic amines) is 1. The highest BCUT2D eigenvalue weighted by Crippen LogP contribution is 2.21. The first-order chi connectivity index (χ1) is 14.8. The molecule has 0 aromatic rings. The average Bonchev–Trinajstić information content (AvgIpc) is 3.17. The van der Waals surface area contributed by atoms with E-state index in [-0.39, 0.29) is 24.7 Å². The number of carbonyl (C=O) groups is 5. The van der Waals surface area contributed by atoms with Gasteiger partial charge in [0.25, 0.3) is 0 Å². The molecule has 32 heavy (non-hydrogen) atoms. The summed E-state index contributed by atoms with van der Waals surface area (Å²) in [6.07, 6.45) is 1.34. The molecule has 1 aliphatic heterocycles. The van der Waals surface area contributed by atoms with Gasteiger partial charge in [0.05, 0.1) is 6.04 Å². The predicted molar refractivity (Wildman–Crippen MR) is 117 cm³/mol. The van der Waals surface area contributed by atoms with Crippen LogP contribution in [-0.4, -0.2) is 70.3 Å². The standard InChI is InChI=1S/C21H37N5O6/c1-11(2)10-14(24-18(28)13(22)7-8-16(23)27)20(30)26-9-5-6-15(26)19(29)25-17(12(3)4)21(31)32/h11-15,17H,5-10,22H2,1-4H3,(H2,23,27)(H,24,28)(H,25,29)(H,31,32). The highest BCUT2D eigenvalue weighted by atomic mass is 16.4. The second-order valence-electron chi connectivity index (χ2n) is 9.06. The van der Waals surface area contributed by atoms with E-state index in [9.17, 15) is 29.1 Å². The molecule has 1 heterocycles. The second kappa shape index (κ2) is 12.4. The molecule has 0 aromatic heterocycles. The highest BCUT2D eigenvalue weighted by molar-refractivity contribution is 5.94. The fourth-order valence-electron chi connectivity index (χ4n) is 3.67. The molecule has 4 unspecified atom stereocenters. The number of hydrogen-bond acceptors (Lipinski definition) is 6. The molecular formula is C21H37N5O6. The zero-order valence-corrected chi connectivity index (χ0v) is 19.3. The molecule has 0 aliphatic carbocycles. The van der Waals surface area contributed by atoms with E-state index >= 15 is 0 Å². The van der Waals surface area contributed by atoms with Crippen molar-refractivity contribution in [2.24, 2.45) is 23.3 Å². The van der Waals surface area contributed by atoms with Crippen LogP contribution >= 0.6 is 0 Å². The predicted octanol–water partition coefficient (Wildman–Crippen LogP) is -0.673. The second-order valence-corrected chi connectivity index (χ2v) is 9.06. The molecule has 11 nitrogen and oxygen atoms in total. The maximum atomic E-state index is 13.3. The van der Waals surface area contributed by atoms with Crippen LogP contribution in [0, 0.1) is 11.8 Å². The van der Waals surface area contributed by atoms with Gasteiger partial charge in [0.15, 0.2) is 0 Å². The quantitative estimate of drug-likeness (QED) is 0.258. The molecule has 1 fully saturated rings. The third kappa shape index (κ3) is 8.10. The zero-order chi connectivity index (χ0) is 24.6. The van der Waals surface area contributed by atoms with Gasteiger partial charge < -0.3 is 32.1 Å². The molecular weight excluding hydrogens is 418 g/mol. The van der Waals surface area contributed by atoms with Gasteiger partial charge in [-0.3, -0.25) is 19.2 Å². The van der Waals surface area contributed by atoms with Gasteiger partial charge in [0.1, 0.15) is 18.1 Å². The topological polar surface area (TPSA) is 185 Å². The largest absolute Gasteiger partial charge is 0.480 e. The van der Waals surface area contributed by atoms with Crippen molar-refractivity contribution in [3.8, 4) is 0 Å². The smallest absolute Gasteiger partial charge is 0.326 e. The van der Waals surface area contributed by atoms with Gasteiger partial charge in [-0.15, -0.1) is 0 Å². The SMILES string of the molecule is CC(C)CC(NC(=O)C(N)CCC(N)=O)C(=O)N1CCCC1C(=O)NC(C(=O)O)C(C)C. The molecule has 1 saturated heterocycles. The Kier molecular flexibility index (Phi) is 10.6. The Balaban J connectivity index is 2.93. The lowest BCUT2D eigenvalue weighted by Gasteiger charge is -2.31. The maximum Gasteiger partial charge on any atom is 0.326 e.